The fraction of sp³-hybridized carbons (Fsp3) is 0.231. The van der Waals surface area contributed by atoms with Gasteiger partial charge in [-0.05, 0) is 49.1 Å². The highest BCUT2D eigenvalue weighted by Gasteiger charge is 2.25. The van der Waals surface area contributed by atoms with Crippen molar-refractivity contribution in [3.05, 3.63) is 101 Å². The number of ketones is 1. The van der Waals surface area contributed by atoms with Gasteiger partial charge in [-0.15, -0.1) is 0 Å². The van der Waals surface area contributed by atoms with E-state index >= 15 is 0 Å². The lowest BCUT2D eigenvalue weighted by molar-refractivity contribution is -0.137. The Bertz CT molecular complexity index is 1020. The van der Waals surface area contributed by atoms with Gasteiger partial charge in [0, 0.05) is 17.9 Å². The van der Waals surface area contributed by atoms with E-state index in [1.165, 1.54) is 0 Å². The van der Waals surface area contributed by atoms with Gasteiger partial charge >= 0.3 is 5.97 Å². The number of aliphatic carboxylic acids is 1. The summed E-state index contributed by atoms with van der Waals surface area (Å²) in [6.45, 7) is 4.34. The number of rotatable bonds is 9. The van der Waals surface area contributed by atoms with Crippen molar-refractivity contribution >= 4 is 11.8 Å². The molecule has 0 aromatic heterocycles. The molecule has 3 aromatic carbocycles. The zero-order valence-electron chi connectivity index (χ0n) is 17.3. The Morgan fingerprint density at radius 3 is 2.43 bits per heavy atom. The maximum Gasteiger partial charge on any atom is 0.303 e. The van der Waals surface area contributed by atoms with Crippen LogP contribution in [-0.2, 0) is 11.4 Å². The van der Waals surface area contributed by atoms with E-state index in [9.17, 15) is 14.7 Å². The summed E-state index contributed by atoms with van der Waals surface area (Å²) in [6, 6.07) is 22.9. The standard InChI is InChI=1S/C26H26O4/c1-18-11-12-19(2)24(15-18)23(13-14-25(27)28)26(29)21-9-6-10-22(16-21)30-17-20-7-4-3-5-8-20/h3-12,15-16,23H,13-14,17H2,1-2H3,(H,27,28)/t23-/m0/s1. The van der Waals surface area contributed by atoms with Crippen molar-refractivity contribution in [3.63, 3.8) is 0 Å². The second-order valence-electron chi connectivity index (χ2n) is 7.51. The smallest absolute Gasteiger partial charge is 0.303 e. The Morgan fingerprint density at radius 2 is 1.70 bits per heavy atom. The van der Waals surface area contributed by atoms with Crippen LogP contribution >= 0.6 is 0 Å². The minimum Gasteiger partial charge on any atom is -0.489 e. The summed E-state index contributed by atoms with van der Waals surface area (Å²) in [5.74, 6) is -0.888. The first-order chi connectivity index (χ1) is 14.4. The van der Waals surface area contributed by atoms with E-state index in [1.54, 1.807) is 18.2 Å². The zero-order valence-corrected chi connectivity index (χ0v) is 17.3. The lowest BCUT2D eigenvalue weighted by atomic mass is 9.84. The lowest BCUT2D eigenvalue weighted by Crippen LogP contribution is -2.16. The Labute approximate surface area is 177 Å². The summed E-state index contributed by atoms with van der Waals surface area (Å²) in [4.78, 5) is 24.6. The van der Waals surface area contributed by atoms with Crippen LogP contribution < -0.4 is 4.74 Å². The molecule has 0 aliphatic carbocycles. The number of hydrogen-bond acceptors (Lipinski definition) is 3. The molecule has 0 saturated heterocycles. The second-order valence-corrected chi connectivity index (χ2v) is 7.51. The van der Waals surface area contributed by atoms with Crippen LogP contribution in [0.2, 0.25) is 0 Å². The van der Waals surface area contributed by atoms with Crippen LogP contribution in [0.5, 0.6) is 5.75 Å². The average molecular weight is 402 g/mol. The molecule has 0 unspecified atom stereocenters. The van der Waals surface area contributed by atoms with Crippen molar-refractivity contribution in [2.24, 2.45) is 0 Å². The van der Waals surface area contributed by atoms with Crippen LogP contribution in [0.3, 0.4) is 0 Å². The third kappa shape index (κ3) is 5.57. The molecule has 0 saturated carbocycles. The van der Waals surface area contributed by atoms with Crippen LogP contribution in [0.15, 0.2) is 72.8 Å². The van der Waals surface area contributed by atoms with Gasteiger partial charge in [-0.1, -0.05) is 66.2 Å². The number of aryl methyl sites for hydroxylation is 2. The van der Waals surface area contributed by atoms with Gasteiger partial charge in [0.25, 0.3) is 0 Å². The fourth-order valence-electron chi connectivity index (χ4n) is 3.51. The first kappa shape index (κ1) is 21.3. The molecule has 0 amide bonds. The maximum absolute atomic E-state index is 13.4. The molecule has 3 rings (SSSR count). The van der Waals surface area contributed by atoms with Gasteiger partial charge in [0.15, 0.2) is 5.78 Å². The van der Waals surface area contributed by atoms with Crippen molar-refractivity contribution in [1.29, 1.82) is 0 Å². The first-order valence-electron chi connectivity index (χ1n) is 10.0. The van der Waals surface area contributed by atoms with Crippen LogP contribution in [0.1, 0.15) is 51.4 Å². The number of Topliss-reactive ketones (excluding diaryl/α,β-unsaturated/α-hetero) is 1. The summed E-state index contributed by atoms with van der Waals surface area (Å²) in [5, 5.41) is 9.18. The summed E-state index contributed by atoms with van der Waals surface area (Å²) < 4.78 is 5.86. The molecule has 3 aromatic rings. The van der Waals surface area contributed by atoms with Crippen LogP contribution in [0.4, 0.5) is 0 Å². The Kier molecular flexibility index (Phi) is 7.02. The summed E-state index contributed by atoms with van der Waals surface area (Å²) in [6.07, 6.45) is 0.196. The van der Waals surface area contributed by atoms with E-state index in [0.717, 1.165) is 22.3 Å². The number of carboxylic acid groups (broad SMARTS) is 1. The van der Waals surface area contributed by atoms with Crippen molar-refractivity contribution < 1.29 is 19.4 Å². The van der Waals surface area contributed by atoms with Gasteiger partial charge < -0.3 is 9.84 Å². The molecule has 1 N–H and O–H groups in total. The van der Waals surface area contributed by atoms with E-state index in [0.29, 0.717) is 17.9 Å². The molecule has 0 spiro atoms. The summed E-state index contributed by atoms with van der Waals surface area (Å²) in [5.41, 5.74) is 4.49. The molecule has 4 nitrogen and oxygen atoms in total. The Balaban J connectivity index is 1.84. The molecule has 1 atom stereocenters. The predicted molar refractivity (Wildman–Crippen MR) is 117 cm³/mol. The van der Waals surface area contributed by atoms with Gasteiger partial charge in [-0.3, -0.25) is 9.59 Å². The van der Waals surface area contributed by atoms with E-state index in [1.807, 2.05) is 68.4 Å². The summed E-state index contributed by atoms with van der Waals surface area (Å²) >= 11 is 0. The molecule has 0 aliphatic rings. The molecule has 4 heteroatoms. The maximum atomic E-state index is 13.4. The zero-order chi connectivity index (χ0) is 21.5. The van der Waals surface area contributed by atoms with Gasteiger partial charge in [0.1, 0.15) is 12.4 Å². The molecule has 0 aliphatic heterocycles. The molecular formula is C26H26O4. The normalized spacial score (nSPS) is 11.7. The molecule has 0 fully saturated rings. The molecule has 0 heterocycles. The minimum atomic E-state index is -0.905. The second kappa shape index (κ2) is 9.88. The average Bonchev–Trinajstić information content (AvgIpc) is 2.75. The number of carbonyl (C=O) groups is 2. The highest BCUT2D eigenvalue weighted by atomic mass is 16.5. The molecule has 0 bridgehead atoms. The lowest BCUT2D eigenvalue weighted by Gasteiger charge is -2.19. The number of carboxylic acids is 1. The van der Waals surface area contributed by atoms with Gasteiger partial charge in [0.2, 0.25) is 0 Å². The van der Waals surface area contributed by atoms with Crippen molar-refractivity contribution in [2.45, 2.75) is 39.2 Å². The monoisotopic (exact) mass is 402 g/mol. The molecule has 154 valence electrons. The molecule has 0 radical (unpaired) electrons. The first-order valence-corrected chi connectivity index (χ1v) is 10.0. The van der Waals surface area contributed by atoms with Gasteiger partial charge in [-0.2, -0.15) is 0 Å². The number of carbonyl (C=O) groups excluding carboxylic acids is 1. The topological polar surface area (TPSA) is 63.6 Å². The van der Waals surface area contributed by atoms with Crippen LogP contribution in [0, 0.1) is 13.8 Å². The molecule has 30 heavy (non-hydrogen) atoms. The van der Waals surface area contributed by atoms with Crippen LogP contribution in [-0.4, -0.2) is 16.9 Å². The third-order valence-electron chi connectivity index (χ3n) is 5.14. The minimum absolute atomic E-state index is 0.0615. The Morgan fingerprint density at radius 1 is 0.933 bits per heavy atom. The highest BCUT2D eigenvalue weighted by Crippen LogP contribution is 2.30. The number of hydrogen-bond donors (Lipinski definition) is 1. The van der Waals surface area contributed by atoms with E-state index in [2.05, 4.69) is 0 Å². The SMILES string of the molecule is Cc1ccc(C)c([C@H](CCC(=O)O)C(=O)c2cccc(OCc3ccccc3)c2)c1. The quantitative estimate of drug-likeness (QED) is 0.465. The summed E-state index contributed by atoms with van der Waals surface area (Å²) in [7, 11) is 0. The third-order valence-corrected chi connectivity index (χ3v) is 5.14. The predicted octanol–water partition coefficient (Wildman–Crippen LogP) is 5.71. The van der Waals surface area contributed by atoms with Crippen molar-refractivity contribution in [2.75, 3.05) is 0 Å². The van der Waals surface area contributed by atoms with E-state index < -0.39 is 11.9 Å². The largest absolute Gasteiger partial charge is 0.489 e. The highest BCUT2D eigenvalue weighted by molar-refractivity contribution is 6.01. The van der Waals surface area contributed by atoms with E-state index in [4.69, 9.17) is 4.74 Å². The molecular weight excluding hydrogens is 376 g/mol. The van der Waals surface area contributed by atoms with Crippen molar-refractivity contribution in [3.8, 4) is 5.75 Å². The number of ether oxygens (including phenoxy) is 1. The van der Waals surface area contributed by atoms with Gasteiger partial charge in [0.05, 0.1) is 0 Å². The Hall–Kier alpha value is -3.40. The van der Waals surface area contributed by atoms with E-state index in [-0.39, 0.29) is 18.6 Å². The fourth-order valence-corrected chi connectivity index (χ4v) is 3.51. The number of benzene rings is 3. The van der Waals surface area contributed by atoms with Gasteiger partial charge in [-0.25, -0.2) is 0 Å². The van der Waals surface area contributed by atoms with Crippen molar-refractivity contribution in [1.82, 2.24) is 0 Å². The van der Waals surface area contributed by atoms with Crippen LogP contribution in [0.25, 0.3) is 0 Å².